The molecule has 2 aromatic rings. The molecule has 24 heavy (non-hydrogen) atoms. The summed E-state index contributed by atoms with van der Waals surface area (Å²) >= 11 is 0. The second-order valence-electron chi connectivity index (χ2n) is 5.73. The Morgan fingerprint density at radius 2 is 1.54 bits per heavy atom. The van der Waals surface area contributed by atoms with Crippen LogP contribution in [0.5, 0.6) is 0 Å². The third-order valence-corrected chi connectivity index (χ3v) is 3.74. The SMILES string of the molecule is C[C@](O)(CCc1ccc(C#N)cc1)C(=O)Nc1ccc(C#N)cc1. The summed E-state index contributed by atoms with van der Waals surface area (Å²) in [6, 6.07) is 17.5. The van der Waals surface area contributed by atoms with E-state index in [1.54, 1.807) is 36.4 Å². The van der Waals surface area contributed by atoms with Crippen LogP contribution >= 0.6 is 0 Å². The number of hydrogen-bond acceptors (Lipinski definition) is 4. The van der Waals surface area contributed by atoms with Crippen molar-refractivity contribution in [3.8, 4) is 12.1 Å². The smallest absolute Gasteiger partial charge is 0.256 e. The van der Waals surface area contributed by atoms with Crippen molar-refractivity contribution in [2.75, 3.05) is 5.32 Å². The molecule has 0 aliphatic rings. The Bertz CT molecular complexity index is 794. The Kier molecular flexibility index (Phi) is 5.31. The Hall–Kier alpha value is -3.15. The molecule has 0 aliphatic heterocycles. The van der Waals surface area contributed by atoms with Gasteiger partial charge in [0.05, 0.1) is 23.3 Å². The zero-order valence-corrected chi connectivity index (χ0v) is 13.3. The van der Waals surface area contributed by atoms with Gasteiger partial charge < -0.3 is 10.4 Å². The van der Waals surface area contributed by atoms with Gasteiger partial charge in [0.1, 0.15) is 5.60 Å². The molecule has 0 unspecified atom stereocenters. The van der Waals surface area contributed by atoms with E-state index in [1.165, 1.54) is 6.92 Å². The Labute approximate surface area is 140 Å². The lowest BCUT2D eigenvalue weighted by atomic mass is 9.95. The molecular weight excluding hydrogens is 302 g/mol. The molecule has 1 atom stereocenters. The number of benzene rings is 2. The van der Waals surface area contributed by atoms with E-state index < -0.39 is 11.5 Å². The van der Waals surface area contributed by atoms with Crippen LogP contribution in [-0.2, 0) is 11.2 Å². The lowest BCUT2D eigenvalue weighted by molar-refractivity contribution is -0.132. The van der Waals surface area contributed by atoms with Crippen LogP contribution in [0, 0.1) is 22.7 Å². The first-order chi connectivity index (χ1) is 11.4. The molecule has 1 amide bonds. The minimum absolute atomic E-state index is 0.251. The van der Waals surface area contributed by atoms with E-state index in [4.69, 9.17) is 10.5 Å². The molecule has 5 heteroatoms. The third-order valence-electron chi connectivity index (χ3n) is 3.74. The largest absolute Gasteiger partial charge is 0.380 e. The number of nitrogens with one attached hydrogen (secondary N) is 1. The van der Waals surface area contributed by atoms with E-state index in [-0.39, 0.29) is 6.42 Å². The van der Waals surface area contributed by atoms with Gasteiger partial charge in [-0.15, -0.1) is 0 Å². The standard InChI is InChI=1S/C19H17N3O2/c1-19(24,11-10-14-2-4-15(12-20)5-3-14)18(23)22-17-8-6-16(13-21)7-9-17/h2-9,24H,10-11H2,1H3,(H,22,23)/t19-/m0/s1. The van der Waals surface area contributed by atoms with Gasteiger partial charge in [0, 0.05) is 5.69 Å². The van der Waals surface area contributed by atoms with Crippen LogP contribution in [0.15, 0.2) is 48.5 Å². The predicted molar refractivity (Wildman–Crippen MR) is 89.9 cm³/mol. The number of aryl methyl sites for hydroxylation is 1. The third kappa shape index (κ3) is 4.42. The molecule has 2 N–H and O–H groups in total. The van der Waals surface area contributed by atoms with Crippen molar-refractivity contribution in [1.29, 1.82) is 10.5 Å². The minimum Gasteiger partial charge on any atom is -0.380 e. The van der Waals surface area contributed by atoms with Crippen LogP contribution in [0.2, 0.25) is 0 Å². The highest BCUT2D eigenvalue weighted by Gasteiger charge is 2.29. The van der Waals surface area contributed by atoms with Crippen molar-refractivity contribution < 1.29 is 9.90 Å². The first kappa shape index (κ1) is 17.2. The number of rotatable bonds is 5. The molecule has 2 rings (SSSR count). The Morgan fingerprint density at radius 3 is 2.04 bits per heavy atom. The maximum atomic E-state index is 12.2. The molecule has 0 radical (unpaired) electrons. The van der Waals surface area contributed by atoms with E-state index in [1.807, 2.05) is 24.3 Å². The molecule has 120 valence electrons. The molecule has 0 aromatic heterocycles. The molecule has 0 fully saturated rings. The number of aliphatic hydroxyl groups is 1. The summed E-state index contributed by atoms with van der Waals surface area (Å²) in [7, 11) is 0. The fourth-order valence-corrected chi connectivity index (χ4v) is 2.14. The summed E-state index contributed by atoms with van der Waals surface area (Å²) in [6.07, 6.45) is 0.764. The van der Waals surface area contributed by atoms with Crippen molar-refractivity contribution in [3.63, 3.8) is 0 Å². The second-order valence-corrected chi connectivity index (χ2v) is 5.73. The van der Waals surface area contributed by atoms with Crippen LogP contribution in [0.4, 0.5) is 5.69 Å². The van der Waals surface area contributed by atoms with Gasteiger partial charge in [-0.05, 0) is 61.7 Å². The quantitative estimate of drug-likeness (QED) is 0.885. The predicted octanol–water partition coefficient (Wildman–Crippen LogP) is 2.75. The average molecular weight is 319 g/mol. The summed E-state index contributed by atoms with van der Waals surface area (Å²) in [6.45, 7) is 1.47. The van der Waals surface area contributed by atoms with Gasteiger partial charge in [0.25, 0.3) is 5.91 Å². The van der Waals surface area contributed by atoms with Crippen molar-refractivity contribution in [3.05, 3.63) is 65.2 Å². The minimum atomic E-state index is -1.53. The molecular formula is C19H17N3O2. The number of hydrogen-bond donors (Lipinski definition) is 2. The summed E-state index contributed by atoms with van der Waals surface area (Å²) in [5.41, 5.74) is 1.02. The molecule has 0 bridgehead atoms. The molecule has 0 heterocycles. The van der Waals surface area contributed by atoms with Gasteiger partial charge in [-0.3, -0.25) is 4.79 Å². The van der Waals surface area contributed by atoms with Crippen molar-refractivity contribution in [2.45, 2.75) is 25.4 Å². The maximum absolute atomic E-state index is 12.2. The lowest BCUT2D eigenvalue weighted by Crippen LogP contribution is -2.40. The zero-order valence-electron chi connectivity index (χ0n) is 13.3. The molecule has 0 aliphatic carbocycles. The normalized spacial score (nSPS) is 12.5. The van der Waals surface area contributed by atoms with Gasteiger partial charge in [-0.25, -0.2) is 0 Å². The molecule has 0 saturated carbocycles. The highest BCUT2D eigenvalue weighted by atomic mass is 16.3. The molecule has 0 saturated heterocycles. The van der Waals surface area contributed by atoms with Crippen LogP contribution in [0.1, 0.15) is 30.0 Å². The van der Waals surface area contributed by atoms with E-state index >= 15 is 0 Å². The fraction of sp³-hybridized carbons (Fsp3) is 0.211. The fourth-order valence-electron chi connectivity index (χ4n) is 2.14. The monoisotopic (exact) mass is 319 g/mol. The maximum Gasteiger partial charge on any atom is 0.256 e. The molecule has 0 spiro atoms. The summed E-state index contributed by atoms with van der Waals surface area (Å²) < 4.78 is 0. The van der Waals surface area contributed by atoms with Crippen LogP contribution < -0.4 is 5.32 Å². The highest BCUT2D eigenvalue weighted by molar-refractivity contribution is 5.96. The Morgan fingerprint density at radius 1 is 1.04 bits per heavy atom. The summed E-state index contributed by atoms with van der Waals surface area (Å²) in [5.74, 6) is -0.499. The summed E-state index contributed by atoms with van der Waals surface area (Å²) in [5, 5.41) is 30.6. The zero-order chi connectivity index (χ0) is 17.6. The van der Waals surface area contributed by atoms with Crippen molar-refractivity contribution in [2.24, 2.45) is 0 Å². The van der Waals surface area contributed by atoms with Gasteiger partial charge in [-0.2, -0.15) is 10.5 Å². The van der Waals surface area contributed by atoms with E-state index in [9.17, 15) is 9.90 Å². The van der Waals surface area contributed by atoms with E-state index in [0.717, 1.165) is 5.56 Å². The van der Waals surface area contributed by atoms with Crippen molar-refractivity contribution >= 4 is 11.6 Å². The number of carbonyl (C=O) groups excluding carboxylic acids is 1. The highest BCUT2D eigenvalue weighted by Crippen LogP contribution is 2.18. The van der Waals surface area contributed by atoms with Crippen molar-refractivity contribution in [1.82, 2.24) is 0 Å². The molecule has 5 nitrogen and oxygen atoms in total. The Balaban J connectivity index is 1.96. The number of nitriles is 2. The first-order valence-electron chi connectivity index (χ1n) is 7.47. The molecule has 2 aromatic carbocycles. The van der Waals surface area contributed by atoms with Crippen LogP contribution in [-0.4, -0.2) is 16.6 Å². The van der Waals surface area contributed by atoms with Crippen LogP contribution in [0.25, 0.3) is 0 Å². The number of anilines is 1. The lowest BCUT2D eigenvalue weighted by Gasteiger charge is -2.22. The topological polar surface area (TPSA) is 96.9 Å². The van der Waals surface area contributed by atoms with Gasteiger partial charge in [0.2, 0.25) is 0 Å². The van der Waals surface area contributed by atoms with E-state index in [2.05, 4.69) is 5.32 Å². The van der Waals surface area contributed by atoms with Gasteiger partial charge in [-0.1, -0.05) is 12.1 Å². The first-order valence-corrected chi connectivity index (χ1v) is 7.47. The van der Waals surface area contributed by atoms with Gasteiger partial charge in [0.15, 0.2) is 0 Å². The summed E-state index contributed by atoms with van der Waals surface area (Å²) in [4.78, 5) is 12.2. The van der Waals surface area contributed by atoms with Gasteiger partial charge >= 0.3 is 0 Å². The average Bonchev–Trinajstić information content (AvgIpc) is 2.61. The number of carbonyl (C=O) groups is 1. The van der Waals surface area contributed by atoms with E-state index in [0.29, 0.717) is 23.2 Å². The number of nitrogens with zero attached hydrogens (tertiary/aromatic N) is 2. The second kappa shape index (κ2) is 7.41. The van der Waals surface area contributed by atoms with Crippen LogP contribution in [0.3, 0.4) is 0 Å². The number of amides is 1.